The standard InChI is InChI=1S/C12H17N5O3S/c13-6-10-5-11(7-17(10)9-1-2-9)21(18,19)16-4-3-12-14-8-15-20-12/h5,7-9,16H,1-4,6,13H2. The van der Waals surface area contributed by atoms with Crippen molar-refractivity contribution in [3.8, 4) is 0 Å². The van der Waals surface area contributed by atoms with Crippen LogP contribution < -0.4 is 10.5 Å². The molecule has 0 radical (unpaired) electrons. The quantitative estimate of drug-likeness (QED) is 0.754. The van der Waals surface area contributed by atoms with E-state index in [1.807, 2.05) is 4.57 Å². The van der Waals surface area contributed by atoms with E-state index in [2.05, 4.69) is 14.9 Å². The van der Waals surface area contributed by atoms with Crippen molar-refractivity contribution in [3.05, 3.63) is 30.2 Å². The van der Waals surface area contributed by atoms with E-state index in [0.29, 0.717) is 24.9 Å². The number of hydrogen-bond acceptors (Lipinski definition) is 6. The number of nitrogens with two attached hydrogens (primary N) is 1. The predicted octanol–water partition coefficient (Wildman–Crippen LogP) is 0.186. The van der Waals surface area contributed by atoms with Crippen LogP contribution in [0.2, 0.25) is 0 Å². The summed E-state index contributed by atoms with van der Waals surface area (Å²) in [6.45, 7) is 0.533. The number of nitrogens with one attached hydrogen (secondary N) is 1. The maximum Gasteiger partial charge on any atom is 0.242 e. The molecule has 0 aliphatic heterocycles. The monoisotopic (exact) mass is 311 g/mol. The van der Waals surface area contributed by atoms with Gasteiger partial charge in [-0.15, -0.1) is 0 Å². The maximum atomic E-state index is 12.3. The van der Waals surface area contributed by atoms with Crippen molar-refractivity contribution in [3.63, 3.8) is 0 Å². The molecular weight excluding hydrogens is 294 g/mol. The molecule has 3 N–H and O–H groups in total. The molecule has 0 saturated heterocycles. The number of nitrogens with zero attached hydrogens (tertiary/aromatic N) is 3. The molecule has 2 aromatic rings. The summed E-state index contributed by atoms with van der Waals surface area (Å²) in [5.74, 6) is 0.399. The third-order valence-electron chi connectivity index (χ3n) is 3.40. The van der Waals surface area contributed by atoms with Crippen LogP contribution in [0, 0.1) is 0 Å². The normalized spacial score (nSPS) is 15.5. The molecule has 0 unspecified atom stereocenters. The molecule has 1 fully saturated rings. The first-order valence-corrected chi connectivity index (χ1v) is 8.24. The lowest BCUT2D eigenvalue weighted by molar-refractivity contribution is 0.377. The van der Waals surface area contributed by atoms with E-state index in [-0.39, 0.29) is 11.4 Å². The summed E-state index contributed by atoms with van der Waals surface area (Å²) in [4.78, 5) is 4.09. The lowest BCUT2D eigenvalue weighted by Gasteiger charge is -2.04. The van der Waals surface area contributed by atoms with Crippen molar-refractivity contribution in [2.75, 3.05) is 6.54 Å². The summed E-state index contributed by atoms with van der Waals surface area (Å²) in [6.07, 6.45) is 5.45. The number of hydrogen-bond donors (Lipinski definition) is 2. The molecule has 1 saturated carbocycles. The van der Waals surface area contributed by atoms with Gasteiger partial charge in [-0.25, -0.2) is 13.1 Å². The van der Waals surface area contributed by atoms with Crippen LogP contribution in [0.4, 0.5) is 0 Å². The van der Waals surface area contributed by atoms with Gasteiger partial charge in [-0.05, 0) is 18.9 Å². The first-order valence-electron chi connectivity index (χ1n) is 6.76. The van der Waals surface area contributed by atoms with Crippen LogP contribution in [0.3, 0.4) is 0 Å². The van der Waals surface area contributed by atoms with Gasteiger partial charge in [0.1, 0.15) is 0 Å². The topological polar surface area (TPSA) is 116 Å². The van der Waals surface area contributed by atoms with Gasteiger partial charge in [0, 0.05) is 37.4 Å². The number of rotatable bonds is 7. The zero-order valence-electron chi connectivity index (χ0n) is 11.4. The van der Waals surface area contributed by atoms with Crippen LogP contribution in [-0.2, 0) is 23.0 Å². The van der Waals surface area contributed by atoms with E-state index in [1.165, 1.54) is 6.33 Å². The summed E-state index contributed by atoms with van der Waals surface area (Å²) in [6, 6.07) is 2.03. The summed E-state index contributed by atoms with van der Waals surface area (Å²) >= 11 is 0. The molecule has 8 nitrogen and oxygen atoms in total. The highest BCUT2D eigenvalue weighted by Gasteiger charge is 2.27. The van der Waals surface area contributed by atoms with Gasteiger partial charge >= 0.3 is 0 Å². The molecule has 9 heteroatoms. The van der Waals surface area contributed by atoms with E-state index in [9.17, 15) is 8.42 Å². The molecule has 0 aromatic carbocycles. The Morgan fingerprint density at radius 1 is 1.48 bits per heavy atom. The molecule has 114 valence electrons. The molecule has 2 heterocycles. The van der Waals surface area contributed by atoms with Crippen molar-refractivity contribution in [2.24, 2.45) is 5.73 Å². The molecule has 2 aromatic heterocycles. The maximum absolute atomic E-state index is 12.3. The SMILES string of the molecule is NCc1cc(S(=O)(=O)NCCc2ncno2)cn1C1CC1. The molecule has 3 rings (SSSR count). The van der Waals surface area contributed by atoms with Gasteiger partial charge in [0.2, 0.25) is 15.9 Å². The third kappa shape index (κ3) is 3.14. The fourth-order valence-corrected chi connectivity index (χ4v) is 3.26. The zero-order valence-corrected chi connectivity index (χ0v) is 12.2. The molecule has 0 atom stereocenters. The van der Waals surface area contributed by atoms with Crippen LogP contribution in [0.5, 0.6) is 0 Å². The minimum Gasteiger partial charge on any atom is -0.346 e. The van der Waals surface area contributed by atoms with Gasteiger partial charge in [-0.1, -0.05) is 5.16 Å². The van der Waals surface area contributed by atoms with Crippen LogP contribution >= 0.6 is 0 Å². The Hall–Kier alpha value is -1.71. The van der Waals surface area contributed by atoms with Crippen molar-refractivity contribution in [1.29, 1.82) is 0 Å². The molecule has 0 bridgehead atoms. The van der Waals surface area contributed by atoms with Gasteiger partial charge in [0.05, 0.1) is 4.90 Å². The van der Waals surface area contributed by atoms with Crippen LogP contribution in [0.15, 0.2) is 28.0 Å². The number of aromatic nitrogens is 3. The van der Waals surface area contributed by atoms with Crippen molar-refractivity contribution >= 4 is 10.0 Å². The zero-order chi connectivity index (χ0) is 14.9. The largest absolute Gasteiger partial charge is 0.346 e. The molecule has 21 heavy (non-hydrogen) atoms. The summed E-state index contributed by atoms with van der Waals surface area (Å²) in [5, 5.41) is 3.47. The average Bonchev–Trinajstić information content (AvgIpc) is 3.00. The molecule has 0 spiro atoms. The summed E-state index contributed by atoms with van der Waals surface area (Å²) in [5.41, 5.74) is 6.52. The highest BCUT2D eigenvalue weighted by atomic mass is 32.2. The molecule has 1 aliphatic carbocycles. The van der Waals surface area contributed by atoms with E-state index >= 15 is 0 Å². The van der Waals surface area contributed by atoms with Crippen LogP contribution in [0.25, 0.3) is 0 Å². The Bertz CT molecular complexity index is 703. The van der Waals surface area contributed by atoms with Crippen molar-refractivity contribution < 1.29 is 12.9 Å². The van der Waals surface area contributed by atoms with E-state index in [0.717, 1.165) is 18.5 Å². The lowest BCUT2D eigenvalue weighted by Crippen LogP contribution is -2.25. The van der Waals surface area contributed by atoms with E-state index < -0.39 is 10.0 Å². The molecular formula is C12H17N5O3S. The van der Waals surface area contributed by atoms with E-state index in [4.69, 9.17) is 10.3 Å². The Morgan fingerprint density at radius 2 is 2.29 bits per heavy atom. The predicted molar refractivity (Wildman–Crippen MR) is 73.8 cm³/mol. The fraction of sp³-hybridized carbons (Fsp3) is 0.500. The van der Waals surface area contributed by atoms with Gasteiger partial charge in [-0.3, -0.25) is 0 Å². The first kappa shape index (κ1) is 14.2. The Morgan fingerprint density at radius 3 is 2.90 bits per heavy atom. The second-order valence-corrected chi connectivity index (χ2v) is 6.76. The highest BCUT2D eigenvalue weighted by Crippen LogP contribution is 2.37. The van der Waals surface area contributed by atoms with Crippen LogP contribution in [-0.4, -0.2) is 29.7 Å². The smallest absolute Gasteiger partial charge is 0.242 e. The van der Waals surface area contributed by atoms with Gasteiger partial charge in [0.15, 0.2) is 6.33 Å². The minimum absolute atomic E-state index is 0.205. The second-order valence-electron chi connectivity index (χ2n) is 4.99. The van der Waals surface area contributed by atoms with Crippen LogP contribution in [0.1, 0.15) is 30.5 Å². The number of sulfonamides is 1. The summed E-state index contributed by atoms with van der Waals surface area (Å²) in [7, 11) is -3.55. The molecule has 1 aliphatic rings. The summed E-state index contributed by atoms with van der Waals surface area (Å²) < 4.78 is 33.8. The Balaban J connectivity index is 1.69. The third-order valence-corrected chi connectivity index (χ3v) is 4.83. The Kier molecular flexibility index (Phi) is 3.79. The first-order chi connectivity index (χ1) is 10.1. The fourth-order valence-electron chi connectivity index (χ4n) is 2.18. The van der Waals surface area contributed by atoms with Gasteiger partial charge in [-0.2, -0.15) is 4.98 Å². The van der Waals surface area contributed by atoms with Crippen molar-refractivity contribution in [2.45, 2.75) is 36.7 Å². The Labute approximate surface area is 122 Å². The van der Waals surface area contributed by atoms with Crippen molar-refractivity contribution in [1.82, 2.24) is 19.4 Å². The lowest BCUT2D eigenvalue weighted by atomic mass is 10.4. The highest BCUT2D eigenvalue weighted by molar-refractivity contribution is 7.89. The van der Waals surface area contributed by atoms with Gasteiger partial charge in [0.25, 0.3) is 0 Å². The van der Waals surface area contributed by atoms with E-state index in [1.54, 1.807) is 12.3 Å². The minimum atomic E-state index is -3.55. The van der Waals surface area contributed by atoms with Gasteiger partial charge < -0.3 is 14.8 Å². The molecule has 0 amide bonds. The average molecular weight is 311 g/mol. The second kappa shape index (κ2) is 5.58.